The van der Waals surface area contributed by atoms with E-state index in [1.165, 1.54) is 45.6 Å². The van der Waals surface area contributed by atoms with Crippen LogP contribution in [0.25, 0.3) is 0 Å². The number of hydrogen-bond donors (Lipinski definition) is 4. The SMILES string of the molecule is CCCCCCCCCCCC(=O)N(C[C@H]1CCCO1)[C@@H]1CC(C(=O)NCCO)=C[C@H](Oc2c(I)cc(CO)cc2OC)[C@H]1O. The van der Waals surface area contributed by atoms with Crippen molar-refractivity contribution in [1.82, 2.24) is 10.2 Å². The molecule has 254 valence electrons. The summed E-state index contributed by atoms with van der Waals surface area (Å²) < 4.78 is 18.5. The average Bonchev–Trinajstić information content (AvgIpc) is 3.56. The normalized spacial score (nSPS) is 21.3. The number of carbonyl (C=O) groups excluding carboxylic acids is 2. The van der Waals surface area contributed by atoms with Gasteiger partial charge in [0.25, 0.3) is 0 Å². The molecule has 1 saturated heterocycles. The molecule has 0 bridgehead atoms. The number of carbonyl (C=O) groups is 2. The second kappa shape index (κ2) is 20.3. The van der Waals surface area contributed by atoms with Crippen LogP contribution in [0.2, 0.25) is 0 Å². The number of halogens is 1. The van der Waals surface area contributed by atoms with Crippen molar-refractivity contribution in [1.29, 1.82) is 0 Å². The van der Waals surface area contributed by atoms with Gasteiger partial charge in [-0.25, -0.2) is 0 Å². The number of benzene rings is 1. The van der Waals surface area contributed by atoms with Gasteiger partial charge >= 0.3 is 0 Å². The molecule has 2 amide bonds. The van der Waals surface area contributed by atoms with Gasteiger partial charge in [-0.15, -0.1) is 0 Å². The van der Waals surface area contributed by atoms with Gasteiger partial charge in [0.15, 0.2) is 11.5 Å². The molecule has 0 spiro atoms. The standard InChI is InChI=1S/C34H53IN2O8/c1-3-4-5-6-7-8-9-10-11-14-31(40)37(22-26-13-12-17-44-26)28-20-25(34(42)36-15-16-38)21-29(32(28)41)45-33-27(35)18-24(23-39)19-30(33)43-2/h18-19,21,26,28-29,32,38-39,41H,3-17,20,22-23H2,1-2H3,(H,36,42)/t26-,28-,29+,32+/m1/s1. The molecule has 4 N–H and O–H groups in total. The number of rotatable bonds is 20. The van der Waals surface area contributed by atoms with E-state index < -0.39 is 18.2 Å². The van der Waals surface area contributed by atoms with Crippen molar-refractivity contribution >= 4 is 34.4 Å². The zero-order valence-corrected chi connectivity index (χ0v) is 29.1. The monoisotopic (exact) mass is 744 g/mol. The third-order valence-corrected chi connectivity index (χ3v) is 9.38. The summed E-state index contributed by atoms with van der Waals surface area (Å²) in [6.07, 6.45) is 12.0. The molecule has 0 aromatic heterocycles. The number of aliphatic hydroxyl groups is 3. The summed E-state index contributed by atoms with van der Waals surface area (Å²) in [5, 5.41) is 33.4. The fourth-order valence-electron chi connectivity index (χ4n) is 6.05. The lowest BCUT2D eigenvalue weighted by Gasteiger charge is -2.41. The Morgan fingerprint density at radius 3 is 2.42 bits per heavy atom. The summed E-state index contributed by atoms with van der Waals surface area (Å²) in [5.41, 5.74) is 1.02. The first-order chi connectivity index (χ1) is 21.8. The van der Waals surface area contributed by atoms with Crippen LogP contribution in [0.15, 0.2) is 23.8 Å². The van der Waals surface area contributed by atoms with E-state index >= 15 is 0 Å². The van der Waals surface area contributed by atoms with Gasteiger partial charge in [-0.1, -0.05) is 58.3 Å². The molecule has 4 atom stereocenters. The van der Waals surface area contributed by atoms with Crippen molar-refractivity contribution in [3.05, 3.63) is 32.9 Å². The number of aliphatic hydroxyl groups excluding tert-OH is 3. The van der Waals surface area contributed by atoms with Crippen LogP contribution in [0.3, 0.4) is 0 Å². The first-order valence-electron chi connectivity index (χ1n) is 16.7. The third kappa shape index (κ3) is 11.7. The molecule has 45 heavy (non-hydrogen) atoms. The van der Waals surface area contributed by atoms with Crippen LogP contribution in [0.1, 0.15) is 96.0 Å². The quantitative estimate of drug-likeness (QED) is 0.112. The lowest BCUT2D eigenvalue weighted by Crippen LogP contribution is -2.56. The lowest BCUT2D eigenvalue weighted by atomic mass is 9.87. The Bertz CT molecular complexity index is 1090. The molecule has 1 aromatic rings. The maximum atomic E-state index is 13.8. The molecule has 1 aliphatic heterocycles. The van der Waals surface area contributed by atoms with Crippen molar-refractivity contribution in [2.75, 3.05) is 33.4 Å². The topological polar surface area (TPSA) is 138 Å². The molecule has 10 nitrogen and oxygen atoms in total. The minimum absolute atomic E-state index is 0.0623. The van der Waals surface area contributed by atoms with Gasteiger partial charge in [0, 0.05) is 38.1 Å². The Kier molecular flexibility index (Phi) is 17.0. The highest BCUT2D eigenvalue weighted by Crippen LogP contribution is 2.37. The molecule has 3 rings (SSSR count). The van der Waals surface area contributed by atoms with Gasteiger partial charge in [0.2, 0.25) is 11.8 Å². The molecule has 1 heterocycles. The Morgan fingerprint density at radius 2 is 1.80 bits per heavy atom. The van der Waals surface area contributed by atoms with Gasteiger partial charge in [-0.2, -0.15) is 0 Å². The zero-order valence-electron chi connectivity index (χ0n) is 27.0. The molecule has 1 aliphatic carbocycles. The Balaban J connectivity index is 1.80. The Morgan fingerprint density at radius 1 is 1.09 bits per heavy atom. The van der Waals surface area contributed by atoms with E-state index in [0.717, 1.165) is 32.1 Å². The molecule has 1 aromatic carbocycles. The predicted octanol–water partition coefficient (Wildman–Crippen LogP) is 4.64. The van der Waals surface area contributed by atoms with E-state index in [-0.39, 0.29) is 44.1 Å². The largest absolute Gasteiger partial charge is 0.493 e. The van der Waals surface area contributed by atoms with E-state index in [2.05, 4.69) is 34.8 Å². The van der Waals surface area contributed by atoms with Gasteiger partial charge in [0.05, 0.1) is 36.0 Å². The lowest BCUT2D eigenvalue weighted by molar-refractivity contribution is -0.141. The van der Waals surface area contributed by atoms with Crippen LogP contribution >= 0.6 is 22.6 Å². The molecule has 0 saturated carbocycles. The molecular weight excluding hydrogens is 691 g/mol. The molecule has 1 fully saturated rings. The molecule has 0 radical (unpaired) electrons. The number of ether oxygens (including phenoxy) is 3. The number of hydrogen-bond acceptors (Lipinski definition) is 8. The fraction of sp³-hybridized carbons (Fsp3) is 0.706. The second-order valence-corrected chi connectivity index (χ2v) is 13.2. The van der Waals surface area contributed by atoms with Crippen LogP contribution in [-0.4, -0.2) is 89.8 Å². The van der Waals surface area contributed by atoms with Crippen LogP contribution in [0, 0.1) is 3.57 Å². The fourth-order valence-corrected chi connectivity index (χ4v) is 6.85. The number of methoxy groups -OCH3 is 1. The summed E-state index contributed by atoms with van der Waals surface area (Å²) in [6.45, 7) is 2.90. The summed E-state index contributed by atoms with van der Waals surface area (Å²) >= 11 is 2.09. The minimum atomic E-state index is -1.13. The van der Waals surface area contributed by atoms with Crippen molar-refractivity contribution in [2.45, 2.75) is 121 Å². The highest BCUT2D eigenvalue weighted by atomic mass is 127. The highest BCUT2D eigenvalue weighted by molar-refractivity contribution is 14.1. The third-order valence-electron chi connectivity index (χ3n) is 8.58. The van der Waals surface area contributed by atoms with Gasteiger partial charge in [-0.05, 0) is 65.6 Å². The van der Waals surface area contributed by atoms with Gasteiger partial charge in [0.1, 0.15) is 12.2 Å². The van der Waals surface area contributed by atoms with Crippen LogP contribution in [-0.2, 0) is 20.9 Å². The number of nitrogens with one attached hydrogen (secondary N) is 1. The second-order valence-electron chi connectivity index (χ2n) is 12.0. The molecule has 0 unspecified atom stereocenters. The van der Waals surface area contributed by atoms with Crippen molar-refractivity contribution < 1.29 is 39.1 Å². The van der Waals surface area contributed by atoms with Crippen molar-refractivity contribution in [3.8, 4) is 11.5 Å². The van der Waals surface area contributed by atoms with E-state index in [1.807, 2.05) is 0 Å². The Hall–Kier alpha value is -1.93. The smallest absolute Gasteiger partial charge is 0.247 e. The van der Waals surface area contributed by atoms with Crippen LogP contribution in [0.5, 0.6) is 11.5 Å². The minimum Gasteiger partial charge on any atom is -0.493 e. The Labute approximate surface area is 282 Å². The first kappa shape index (κ1) is 37.5. The van der Waals surface area contributed by atoms with Crippen LogP contribution < -0.4 is 14.8 Å². The highest BCUT2D eigenvalue weighted by Gasteiger charge is 2.41. The zero-order chi connectivity index (χ0) is 32.6. The molecular formula is C34H53IN2O8. The van der Waals surface area contributed by atoms with Gasteiger partial charge < -0.3 is 39.7 Å². The number of unbranched alkanes of at least 4 members (excludes halogenated alkanes) is 8. The molecule has 2 aliphatic rings. The van der Waals surface area contributed by atoms with E-state index in [1.54, 1.807) is 23.1 Å². The summed E-state index contributed by atoms with van der Waals surface area (Å²) in [6, 6.07) is 2.72. The predicted molar refractivity (Wildman–Crippen MR) is 181 cm³/mol. The maximum Gasteiger partial charge on any atom is 0.247 e. The first-order valence-corrected chi connectivity index (χ1v) is 17.7. The van der Waals surface area contributed by atoms with Crippen LogP contribution in [0.4, 0.5) is 0 Å². The van der Waals surface area contributed by atoms with E-state index in [9.17, 15) is 24.9 Å². The van der Waals surface area contributed by atoms with E-state index in [4.69, 9.17) is 14.2 Å². The van der Waals surface area contributed by atoms with Crippen molar-refractivity contribution in [3.63, 3.8) is 0 Å². The van der Waals surface area contributed by atoms with E-state index in [0.29, 0.717) is 45.8 Å². The van der Waals surface area contributed by atoms with Gasteiger partial charge in [-0.3, -0.25) is 9.59 Å². The summed E-state index contributed by atoms with van der Waals surface area (Å²) in [7, 11) is 1.50. The number of amides is 2. The van der Waals surface area contributed by atoms with Crippen molar-refractivity contribution in [2.24, 2.45) is 0 Å². The maximum absolute atomic E-state index is 13.8. The molecule has 11 heteroatoms. The number of nitrogens with zero attached hydrogens (tertiary/aromatic N) is 1. The summed E-state index contributed by atoms with van der Waals surface area (Å²) in [4.78, 5) is 28.7. The average molecular weight is 745 g/mol. The summed E-state index contributed by atoms with van der Waals surface area (Å²) in [5.74, 6) is 0.318.